The van der Waals surface area contributed by atoms with Crippen LogP contribution in [-0.4, -0.2) is 41.6 Å². The largest absolute Gasteiger partial charge is 0.481 e. The molecule has 5 heteroatoms. The second-order valence-corrected chi connectivity index (χ2v) is 9.14. The number of benzene rings is 1. The third-order valence-corrected chi connectivity index (χ3v) is 6.73. The monoisotopic (exact) mass is 501 g/mol. The summed E-state index contributed by atoms with van der Waals surface area (Å²) in [5.41, 5.74) is 4.65. The Labute approximate surface area is 186 Å². The van der Waals surface area contributed by atoms with Crippen LogP contribution in [0.5, 0.6) is 5.88 Å². The number of fused-ring (bicyclic) bond motifs is 1. The van der Waals surface area contributed by atoms with E-state index in [0.717, 1.165) is 29.9 Å². The highest BCUT2D eigenvalue weighted by molar-refractivity contribution is 14.1. The molecule has 0 amide bonds. The number of hydrogen-bond donors (Lipinski definition) is 0. The van der Waals surface area contributed by atoms with E-state index in [1.807, 2.05) is 18.3 Å². The third-order valence-electron chi connectivity index (χ3n) is 6.01. The first-order valence-electron chi connectivity index (χ1n) is 10.5. The number of rotatable bonds is 7. The van der Waals surface area contributed by atoms with Crippen molar-refractivity contribution in [2.24, 2.45) is 5.92 Å². The highest BCUT2D eigenvalue weighted by atomic mass is 127. The summed E-state index contributed by atoms with van der Waals surface area (Å²) in [5, 5.41) is 0. The molecule has 1 fully saturated rings. The van der Waals surface area contributed by atoms with Gasteiger partial charge >= 0.3 is 0 Å². The highest BCUT2D eigenvalue weighted by Gasteiger charge is 2.19. The molecule has 4 rings (SSSR count). The molecule has 0 bridgehead atoms. The molecule has 0 unspecified atom stereocenters. The highest BCUT2D eigenvalue weighted by Crippen LogP contribution is 2.24. The zero-order valence-electron chi connectivity index (χ0n) is 17.0. The molecule has 0 saturated carbocycles. The number of ether oxygens (including phenoxy) is 1. The molecule has 0 atom stereocenters. The van der Waals surface area contributed by atoms with Crippen molar-refractivity contribution in [3.63, 3.8) is 0 Å². The van der Waals surface area contributed by atoms with Crippen molar-refractivity contribution in [1.82, 2.24) is 14.9 Å². The van der Waals surface area contributed by atoms with Gasteiger partial charge in [0.1, 0.15) is 0 Å². The number of aryl methyl sites for hydroxylation is 1. The molecular weight excluding hydrogens is 473 g/mol. The average Bonchev–Trinajstić information content (AvgIpc) is 2.77. The molecular formula is C24H28IN3O. The van der Waals surface area contributed by atoms with E-state index in [2.05, 4.69) is 67.8 Å². The van der Waals surface area contributed by atoms with Gasteiger partial charge in [-0.05, 0) is 109 Å². The van der Waals surface area contributed by atoms with E-state index in [0.29, 0.717) is 5.88 Å². The number of piperidine rings is 1. The Balaban J connectivity index is 1.27. The molecule has 4 nitrogen and oxygen atoms in total. The molecule has 1 aliphatic heterocycles. The van der Waals surface area contributed by atoms with E-state index in [1.165, 1.54) is 53.5 Å². The molecule has 0 N–H and O–H groups in total. The van der Waals surface area contributed by atoms with Gasteiger partial charge in [0.2, 0.25) is 5.88 Å². The predicted molar refractivity (Wildman–Crippen MR) is 126 cm³/mol. The molecule has 0 aliphatic carbocycles. The van der Waals surface area contributed by atoms with E-state index in [9.17, 15) is 0 Å². The van der Waals surface area contributed by atoms with Crippen LogP contribution in [0.25, 0.3) is 11.0 Å². The van der Waals surface area contributed by atoms with Crippen LogP contribution in [0, 0.1) is 9.49 Å². The molecule has 3 heterocycles. The lowest BCUT2D eigenvalue weighted by molar-refractivity contribution is 0.181. The van der Waals surface area contributed by atoms with Crippen molar-refractivity contribution in [1.29, 1.82) is 0 Å². The number of aromatic nitrogens is 2. The summed E-state index contributed by atoms with van der Waals surface area (Å²) in [6.07, 6.45) is 8.04. The van der Waals surface area contributed by atoms with E-state index < -0.39 is 0 Å². The SMILES string of the molecule is COc1ccc2nccc(CCN3CCC(CCc4ccc(I)cc4)CC3)c2n1. The minimum Gasteiger partial charge on any atom is -0.481 e. The van der Waals surface area contributed by atoms with Crippen LogP contribution < -0.4 is 4.74 Å². The lowest BCUT2D eigenvalue weighted by atomic mass is 9.90. The summed E-state index contributed by atoms with van der Waals surface area (Å²) in [6.45, 7) is 3.50. The molecule has 2 aromatic heterocycles. The number of pyridine rings is 2. The topological polar surface area (TPSA) is 38.2 Å². The van der Waals surface area contributed by atoms with Gasteiger partial charge in [-0.15, -0.1) is 0 Å². The zero-order valence-corrected chi connectivity index (χ0v) is 19.1. The number of methoxy groups -OCH3 is 1. The Morgan fingerprint density at radius 3 is 2.59 bits per heavy atom. The van der Waals surface area contributed by atoms with E-state index >= 15 is 0 Å². The molecule has 0 spiro atoms. The number of halogens is 1. The van der Waals surface area contributed by atoms with Gasteiger partial charge in [0.15, 0.2) is 0 Å². The molecule has 3 aromatic rings. The summed E-state index contributed by atoms with van der Waals surface area (Å²) in [6, 6.07) is 14.9. The summed E-state index contributed by atoms with van der Waals surface area (Å²) >= 11 is 2.37. The van der Waals surface area contributed by atoms with Crippen LogP contribution in [0.3, 0.4) is 0 Å². The van der Waals surface area contributed by atoms with Crippen LogP contribution in [0.1, 0.15) is 30.4 Å². The minimum atomic E-state index is 0.653. The first-order valence-corrected chi connectivity index (χ1v) is 11.5. The van der Waals surface area contributed by atoms with Crippen molar-refractivity contribution >= 4 is 33.6 Å². The van der Waals surface area contributed by atoms with Crippen LogP contribution in [-0.2, 0) is 12.8 Å². The Bertz CT molecular complexity index is 937. The fourth-order valence-corrected chi connectivity index (χ4v) is 4.54. The van der Waals surface area contributed by atoms with Gasteiger partial charge in [-0.25, -0.2) is 4.98 Å². The molecule has 29 heavy (non-hydrogen) atoms. The zero-order chi connectivity index (χ0) is 20.1. The van der Waals surface area contributed by atoms with Gasteiger partial charge in [0.25, 0.3) is 0 Å². The predicted octanol–water partition coefficient (Wildman–Crippen LogP) is 5.13. The maximum atomic E-state index is 5.29. The lowest BCUT2D eigenvalue weighted by Crippen LogP contribution is -2.35. The number of nitrogens with zero attached hydrogens (tertiary/aromatic N) is 3. The summed E-state index contributed by atoms with van der Waals surface area (Å²) < 4.78 is 6.61. The first-order chi connectivity index (χ1) is 14.2. The van der Waals surface area contributed by atoms with Crippen molar-refractivity contribution < 1.29 is 4.74 Å². The van der Waals surface area contributed by atoms with Gasteiger partial charge in [0, 0.05) is 22.4 Å². The van der Waals surface area contributed by atoms with E-state index in [1.54, 1.807) is 7.11 Å². The average molecular weight is 501 g/mol. The van der Waals surface area contributed by atoms with Crippen molar-refractivity contribution in [3.8, 4) is 5.88 Å². The summed E-state index contributed by atoms with van der Waals surface area (Å²) in [4.78, 5) is 11.7. The number of likely N-dealkylation sites (tertiary alicyclic amines) is 1. The second-order valence-electron chi connectivity index (χ2n) is 7.89. The van der Waals surface area contributed by atoms with E-state index in [4.69, 9.17) is 4.74 Å². The first kappa shape index (κ1) is 20.5. The Morgan fingerprint density at radius 2 is 1.83 bits per heavy atom. The summed E-state index contributed by atoms with van der Waals surface area (Å²) in [7, 11) is 1.66. The fraction of sp³-hybridized carbons (Fsp3) is 0.417. The standard InChI is InChI=1S/C24H28IN3O/c1-29-23-9-8-22-24(27-23)20(10-14-26-22)13-17-28-15-11-19(12-16-28)3-2-18-4-6-21(25)7-5-18/h4-10,14,19H,2-3,11-13,15-17H2,1H3. The van der Waals surface area contributed by atoms with Crippen LogP contribution in [0.15, 0.2) is 48.7 Å². The van der Waals surface area contributed by atoms with Crippen molar-refractivity contribution in [2.45, 2.75) is 32.1 Å². The quantitative estimate of drug-likeness (QED) is 0.421. The Kier molecular flexibility index (Phi) is 6.98. The molecule has 1 aliphatic rings. The smallest absolute Gasteiger partial charge is 0.213 e. The summed E-state index contributed by atoms with van der Waals surface area (Å²) in [5.74, 6) is 1.51. The Morgan fingerprint density at radius 1 is 1.03 bits per heavy atom. The second kappa shape index (κ2) is 9.85. The molecule has 0 radical (unpaired) electrons. The normalized spacial score (nSPS) is 15.7. The Hall–Kier alpha value is -1.73. The van der Waals surface area contributed by atoms with Gasteiger partial charge in [-0.2, -0.15) is 0 Å². The third kappa shape index (κ3) is 5.45. The number of hydrogen-bond acceptors (Lipinski definition) is 4. The van der Waals surface area contributed by atoms with Gasteiger partial charge < -0.3 is 9.64 Å². The van der Waals surface area contributed by atoms with Crippen LogP contribution >= 0.6 is 22.6 Å². The van der Waals surface area contributed by atoms with Crippen LogP contribution in [0.2, 0.25) is 0 Å². The van der Waals surface area contributed by atoms with Crippen molar-refractivity contribution in [3.05, 3.63) is 63.4 Å². The maximum Gasteiger partial charge on any atom is 0.213 e. The molecule has 1 saturated heterocycles. The van der Waals surface area contributed by atoms with E-state index in [-0.39, 0.29) is 0 Å². The molecule has 152 valence electrons. The fourth-order valence-electron chi connectivity index (χ4n) is 4.18. The van der Waals surface area contributed by atoms with Gasteiger partial charge in [0.05, 0.1) is 18.1 Å². The molecule has 1 aromatic carbocycles. The lowest BCUT2D eigenvalue weighted by Gasteiger charge is -2.32. The van der Waals surface area contributed by atoms with Gasteiger partial charge in [-0.1, -0.05) is 12.1 Å². The van der Waals surface area contributed by atoms with Crippen LogP contribution in [0.4, 0.5) is 0 Å². The van der Waals surface area contributed by atoms with Crippen molar-refractivity contribution in [2.75, 3.05) is 26.7 Å². The minimum absolute atomic E-state index is 0.653. The maximum absolute atomic E-state index is 5.29. The van der Waals surface area contributed by atoms with Gasteiger partial charge in [-0.3, -0.25) is 4.98 Å².